The number of imide groups is 1. The van der Waals surface area contributed by atoms with Crippen LogP contribution in [0, 0.1) is 17.0 Å². The maximum Gasteiger partial charge on any atom is 0.332 e. The van der Waals surface area contributed by atoms with Crippen LogP contribution < -0.4 is 10.2 Å². The van der Waals surface area contributed by atoms with Crippen molar-refractivity contribution >= 4 is 45.8 Å². The molecule has 5 amide bonds. The van der Waals surface area contributed by atoms with Gasteiger partial charge in [-0.2, -0.15) is 0 Å². The first kappa shape index (κ1) is 21.1. The number of carbonyl (C=O) groups excluding carboxylic acids is 3. The Balaban J connectivity index is 1.27. The lowest BCUT2D eigenvalue weighted by Gasteiger charge is -2.34. The van der Waals surface area contributed by atoms with E-state index in [1.165, 1.54) is 11.0 Å². The normalized spacial score (nSPS) is 22.8. The number of rotatable bonds is 3. The lowest BCUT2D eigenvalue weighted by Crippen LogP contribution is -2.55. The number of benzene rings is 3. The summed E-state index contributed by atoms with van der Waals surface area (Å²) in [6.07, 6.45) is 0.521. The van der Waals surface area contributed by atoms with Crippen LogP contribution in [0.5, 0.6) is 0 Å². The molecule has 0 aliphatic carbocycles. The number of amides is 5. The van der Waals surface area contributed by atoms with Gasteiger partial charge in [0.25, 0.3) is 11.6 Å². The molecule has 176 valence electrons. The summed E-state index contributed by atoms with van der Waals surface area (Å²) in [5, 5.41) is 15.7. The van der Waals surface area contributed by atoms with E-state index in [0.717, 1.165) is 10.8 Å². The van der Waals surface area contributed by atoms with Crippen LogP contribution in [-0.2, 0) is 4.79 Å². The van der Waals surface area contributed by atoms with E-state index in [1.54, 1.807) is 34.9 Å². The van der Waals surface area contributed by atoms with Crippen LogP contribution in [0.2, 0.25) is 0 Å². The maximum atomic E-state index is 13.5. The van der Waals surface area contributed by atoms with Crippen molar-refractivity contribution in [2.75, 3.05) is 16.8 Å². The smallest absolute Gasteiger partial charge is 0.317 e. The number of likely N-dealkylation sites (tertiary alicyclic amines) is 1. The Morgan fingerprint density at radius 2 is 1.86 bits per heavy atom. The Bertz CT molecular complexity index is 1430. The molecule has 2 unspecified atom stereocenters. The fraction of sp³-hybridized carbons (Fsp3) is 0.240. The van der Waals surface area contributed by atoms with E-state index < -0.39 is 23.0 Å². The van der Waals surface area contributed by atoms with Crippen LogP contribution in [-0.4, -0.2) is 57.4 Å². The molecule has 3 aliphatic rings. The molecule has 3 aromatic carbocycles. The van der Waals surface area contributed by atoms with Crippen molar-refractivity contribution in [2.45, 2.75) is 31.5 Å². The van der Waals surface area contributed by atoms with Crippen LogP contribution in [0.15, 0.2) is 60.7 Å². The SMILES string of the molecule is Cc1ccc(NC(=O)N2C[C@H]3CC2C2C(=O)N(c4cccc5ccccc45)C(=O)N23)cc1[N+](=O)[O-]. The van der Waals surface area contributed by atoms with E-state index in [2.05, 4.69) is 5.32 Å². The number of nitrogens with zero attached hydrogens (tertiary/aromatic N) is 4. The van der Waals surface area contributed by atoms with Gasteiger partial charge in [-0.15, -0.1) is 0 Å². The molecule has 10 heteroatoms. The van der Waals surface area contributed by atoms with E-state index in [-0.39, 0.29) is 23.7 Å². The lowest BCUT2D eigenvalue weighted by molar-refractivity contribution is -0.385. The molecule has 0 spiro atoms. The molecule has 1 N–H and O–H groups in total. The number of fused-ring (bicyclic) bond motifs is 6. The van der Waals surface area contributed by atoms with Gasteiger partial charge < -0.3 is 15.1 Å². The summed E-state index contributed by atoms with van der Waals surface area (Å²) in [4.78, 5) is 55.2. The molecular weight excluding hydrogens is 450 g/mol. The van der Waals surface area contributed by atoms with Gasteiger partial charge in [0.15, 0.2) is 0 Å². The molecular formula is C25H21N5O5. The summed E-state index contributed by atoms with van der Waals surface area (Å²) < 4.78 is 0. The van der Waals surface area contributed by atoms with E-state index in [1.807, 2.05) is 36.4 Å². The Kier molecular flexibility index (Phi) is 4.53. The predicted molar refractivity (Wildman–Crippen MR) is 128 cm³/mol. The standard InChI is InChI=1S/C25H21N5O5/c1-14-9-10-16(11-20(14)30(34)35)26-24(32)27-13-17-12-21(27)22-23(31)29(25(33)28(17)22)19-8-4-6-15-5-2-3-7-18(15)19/h2-11,17,21-22H,12-13H2,1H3,(H,26,32)/t17-,21?,22?/m1/s1. The van der Waals surface area contributed by atoms with E-state index in [0.29, 0.717) is 29.9 Å². The second-order valence-corrected chi connectivity index (χ2v) is 9.10. The number of nitro groups is 1. The number of piperazine rings is 1. The van der Waals surface area contributed by atoms with Crippen LogP contribution >= 0.6 is 0 Å². The number of nitro benzene ring substituents is 1. The molecule has 2 bridgehead atoms. The first-order valence-electron chi connectivity index (χ1n) is 11.3. The number of urea groups is 2. The van der Waals surface area contributed by atoms with Crippen LogP contribution in [0.25, 0.3) is 10.8 Å². The monoisotopic (exact) mass is 471 g/mol. The Morgan fingerprint density at radius 3 is 2.66 bits per heavy atom. The summed E-state index contributed by atoms with van der Waals surface area (Å²) >= 11 is 0. The molecule has 10 nitrogen and oxygen atoms in total. The molecule has 3 saturated heterocycles. The molecule has 3 heterocycles. The number of aryl methyl sites for hydroxylation is 1. The largest absolute Gasteiger partial charge is 0.332 e. The summed E-state index contributed by atoms with van der Waals surface area (Å²) in [6.45, 7) is 1.92. The third-order valence-electron chi connectivity index (χ3n) is 7.19. The van der Waals surface area contributed by atoms with E-state index in [9.17, 15) is 24.5 Å². The van der Waals surface area contributed by atoms with E-state index >= 15 is 0 Å². The molecule has 3 atom stereocenters. The maximum absolute atomic E-state index is 13.5. The molecule has 3 aliphatic heterocycles. The zero-order valence-corrected chi connectivity index (χ0v) is 18.7. The van der Waals surface area contributed by atoms with Crippen molar-refractivity contribution in [3.63, 3.8) is 0 Å². The first-order chi connectivity index (χ1) is 16.8. The van der Waals surface area contributed by atoms with Gasteiger partial charge >= 0.3 is 12.1 Å². The highest BCUT2D eigenvalue weighted by atomic mass is 16.6. The van der Waals surface area contributed by atoms with Crippen molar-refractivity contribution < 1.29 is 19.3 Å². The first-order valence-corrected chi connectivity index (χ1v) is 11.3. The second-order valence-electron chi connectivity index (χ2n) is 9.10. The highest BCUT2D eigenvalue weighted by Gasteiger charge is 2.63. The highest BCUT2D eigenvalue weighted by Crippen LogP contribution is 2.43. The summed E-state index contributed by atoms with van der Waals surface area (Å²) in [5.74, 6) is -0.345. The minimum Gasteiger partial charge on any atom is -0.317 e. The van der Waals surface area contributed by atoms with Crippen molar-refractivity contribution in [1.82, 2.24) is 9.80 Å². The molecule has 0 radical (unpaired) electrons. The topological polar surface area (TPSA) is 116 Å². The van der Waals surface area contributed by atoms with Crippen LogP contribution in [0.1, 0.15) is 12.0 Å². The van der Waals surface area contributed by atoms with Gasteiger partial charge in [0.2, 0.25) is 0 Å². The van der Waals surface area contributed by atoms with E-state index in [4.69, 9.17) is 0 Å². The second kappa shape index (κ2) is 7.52. The average Bonchev–Trinajstić information content (AvgIpc) is 3.51. The number of carbonyl (C=O) groups is 3. The zero-order chi connectivity index (χ0) is 24.4. The molecule has 3 aromatic rings. The van der Waals surface area contributed by atoms with Gasteiger partial charge in [-0.1, -0.05) is 42.5 Å². The Morgan fingerprint density at radius 1 is 1.09 bits per heavy atom. The van der Waals surface area contributed by atoms with Crippen molar-refractivity contribution in [3.05, 3.63) is 76.3 Å². The number of hydrogen-bond acceptors (Lipinski definition) is 5. The summed E-state index contributed by atoms with van der Waals surface area (Å²) in [6, 6.07) is 15.3. The van der Waals surface area contributed by atoms with Gasteiger partial charge in [0.1, 0.15) is 6.04 Å². The number of anilines is 2. The van der Waals surface area contributed by atoms with Crippen molar-refractivity contribution in [2.24, 2.45) is 0 Å². The Labute approximate surface area is 199 Å². The third-order valence-corrected chi connectivity index (χ3v) is 7.19. The highest BCUT2D eigenvalue weighted by molar-refractivity contribution is 6.25. The summed E-state index contributed by atoms with van der Waals surface area (Å²) in [5.41, 5.74) is 1.25. The fourth-order valence-electron chi connectivity index (χ4n) is 5.59. The quantitative estimate of drug-likeness (QED) is 0.354. The van der Waals surface area contributed by atoms with Crippen molar-refractivity contribution in [1.29, 1.82) is 0 Å². The molecule has 0 aromatic heterocycles. The average molecular weight is 471 g/mol. The van der Waals surface area contributed by atoms with Gasteiger partial charge in [-0.25, -0.2) is 14.5 Å². The van der Waals surface area contributed by atoms with Gasteiger partial charge in [0, 0.05) is 29.2 Å². The fourth-order valence-corrected chi connectivity index (χ4v) is 5.59. The van der Waals surface area contributed by atoms with Gasteiger partial charge in [-0.3, -0.25) is 14.9 Å². The number of nitrogens with one attached hydrogen (secondary N) is 1. The third kappa shape index (κ3) is 3.06. The Hall–Kier alpha value is -4.47. The molecule has 35 heavy (non-hydrogen) atoms. The van der Waals surface area contributed by atoms with Crippen LogP contribution in [0.4, 0.5) is 26.7 Å². The molecule has 6 rings (SSSR count). The summed E-state index contributed by atoms with van der Waals surface area (Å²) in [7, 11) is 0. The van der Waals surface area contributed by atoms with Crippen molar-refractivity contribution in [3.8, 4) is 0 Å². The van der Waals surface area contributed by atoms with Crippen LogP contribution in [0.3, 0.4) is 0 Å². The predicted octanol–water partition coefficient (Wildman–Crippen LogP) is 3.88. The lowest BCUT2D eigenvalue weighted by atomic mass is 10.1. The molecule has 3 fully saturated rings. The van der Waals surface area contributed by atoms with Gasteiger partial charge in [-0.05, 0) is 30.9 Å². The number of hydrogen-bond donors (Lipinski definition) is 1. The van der Waals surface area contributed by atoms with Gasteiger partial charge in [0.05, 0.1) is 22.7 Å². The zero-order valence-electron chi connectivity index (χ0n) is 18.7. The minimum absolute atomic E-state index is 0.0841. The molecule has 0 saturated carbocycles. The minimum atomic E-state index is -0.752.